The SMILES string of the molecule is CC(C)c1cccc(C(C)C)c1-n1c(-c2cccc3c2oc2ccccc23)nc2cnccc21. The van der Waals surface area contributed by atoms with Gasteiger partial charge in [-0.2, -0.15) is 0 Å². The first-order valence-corrected chi connectivity index (χ1v) is 11.9. The molecule has 0 saturated carbocycles. The number of hydrogen-bond donors (Lipinski definition) is 0. The average molecular weight is 446 g/mol. The minimum Gasteiger partial charge on any atom is -0.455 e. The molecule has 0 radical (unpaired) electrons. The maximum absolute atomic E-state index is 6.41. The third-order valence-corrected chi connectivity index (χ3v) is 6.67. The quantitative estimate of drug-likeness (QED) is 0.274. The van der Waals surface area contributed by atoms with Crippen LogP contribution in [0.5, 0.6) is 0 Å². The Balaban J connectivity index is 1.77. The highest BCUT2D eigenvalue weighted by molar-refractivity contribution is 6.09. The van der Waals surface area contributed by atoms with Crippen LogP contribution in [0.1, 0.15) is 50.7 Å². The lowest BCUT2D eigenvalue weighted by Crippen LogP contribution is -2.08. The zero-order valence-electron chi connectivity index (χ0n) is 19.9. The van der Waals surface area contributed by atoms with Gasteiger partial charge in [-0.05, 0) is 41.2 Å². The molecule has 0 aliphatic rings. The van der Waals surface area contributed by atoms with Crippen molar-refractivity contribution in [3.05, 3.63) is 90.3 Å². The number of aromatic nitrogens is 3. The summed E-state index contributed by atoms with van der Waals surface area (Å²) in [6.07, 6.45) is 3.69. The minimum atomic E-state index is 0.364. The van der Waals surface area contributed by atoms with Crippen molar-refractivity contribution in [2.45, 2.75) is 39.5 Å². The molecule has 0 aliphatic carbocycles. The molecular formula is C30H27N3O. The first-order valence-electron chi connectivity index (χ1n) is 11.9. The van der Waals surface area contributed by atoms with Gasteiger partial charge >= 0.3 is 0 Å². The monoisotopic (exact) mass is 445 g/mol. The van der Waals surface area contributed by atoms with Gasteiger partial charge < -0.3 is 4.42 Å². The van der Waals surface area contributed by atoms with Gasteiger partial charge in [0.2, 0.25) is 0 Å². The number of imidazole rings is 1. The minimum absolute atomic E-state index is 0.364. The molecule has 3 aromatic heterocycles. The molecule has 4 nitrogen and oxygen atoms in total. The van der Waals surface area contributed by atoms with Gasteiger partial charge in [0.15, 0.2) is 0 Å². The molecule has 0 unspecified atom stereocenters. The summed E-state index contributed by atoms with van der Waals surface area (Å²) in [5.41, 5.74) is 8.48. The van der Waals surface area contributed by atoms with E-state index >= 15 is 0 Å². The van der Waals surface area contributed by atoms with Crippen molar-refractivity contribution in [3.8, 4) is 17.1 Å². The van der Waals surface area contributed by atoms with Crippen molar-refractivity contribution in [1.29, 1.82) is 0 Å². The van der Waals surface area contributed by atoms with Gasteiger partial charge in [-0.15, -0.1) is 0 Å². The summed E-state index contributed by atoms with van der Waals surface area (Å²) in [5, 5.41) is 2.22. The molecule has 0 saturated heterocycles. The van der Waals surface area contributed by atoms with Crippen LogP contribution in [0, 0.1) is 0 Å². The Morgan fingerprint density at radius 2 is 1.47 bits per heavy atom. The molecule has 0 fully saturated rings. The molecular weight excluding hydrogens is 418 g/mol. The van der Waals surface area contributed by atoms with Gasteiger partial charge in [0.05, 0.1) is 23.0 Å². The zero-order valence-corrected chi connectivity index (χ0v) is 19.9. The number of benzene rings is 3. The highest BCUT2D eigenvalue weighted by Crippen LogP contribution is 2.40. The van der Waals surface area contributed by atoms with Crippen LogP contribution in [-0.2, 0) is 0 Å². The maximum atomic E-state index is 6.41. The predicted molar refractivity (Wildman–Crippen MR) is 140 cm³/mol. The first-order chi connectivity index (χ1) is 16.5. The van der Waals surface area contributed by atoms with E-state index in [1.54, 1.807) is 0 Å². The standard InChI is InChI=1S/C30H27N3O/c1-18(2)20-10-7-11-21(19(3)4)28(20)33-26-15-16-31-17-25(26)32-30(33)24-13-8-12-23-22-9-5-6-14-27(22)34-29(23)24/h5-19H,1-4H3. The summed E-state index contributed by atoms with van der Waals surface area (Å²) in [7, 11) is 0. The van der Waals surface area contributed by atoms with E-state index in [-0.39, 0.29) is 0 Å². The second-order valence-corrected chi connectivity index (χ2v) is 9.51. The van der Waals surface area contributed by atoms with Crippen LogP contribution in [0.4, 0.5) is 0 Å². The smallest absolute Gasteiger partial charge is 0.149 e. The molecule has 3 heterocycles. The number of fused-ring (bicyclic) bond motifs is 4. The third kappa shape index (κ3) is 3.06. The fourth-order valence-corrected chi connectivity index (χ4v) is 5.03. The van der Waals surface area contributed by atoms with Gasteiger partial charge in [-0.3, -0.25) is 9.55 Å². The van der Waals surface area contributed by atoms with E-state index in [1.165, 1.54) is 16.8 Å². The van der Waals surface area contributed by atoms with Crippen molar-refractivity contribution >= 4 is 33.0 Å². The van der Waals surface area contributed by atoms with Crippen molar-refractivity contribution in [3.63, 3.8) is 0 Å². The first kappa shape index (κ1) is 20.7. The lowest BCUT2D eigenvalue weighted by molar-refractivity contribution is 0.669. The normalized spacial score (nSPS) is 12.1. The fourth-order valence-electron chi connectivity index (χ4n) is 5.03. The number of para-hydroxylation sites is 3. The molecule has 34 heavy (non-hydrogen) atoms. The maximum Gasteiger partial charge on any atom is 0.149 e. The molecule has 0 amide bonds. The van der Waals surface area contributed by atoms with E-state index in [1.807, 2.05) is 24.5 Å². The van der Waals surface area contributed by atoms with E-state index < -0.39 is 0 Å². The summed E-state index contributed by atoms with van der Waals surface area (Å²) in [5.74, 6) is 1.60. The summed E-state index contributed by atoms with van der Waals surface area (Å²) in [6.45, 7) is 9.01. The molecule has 0 N–H and O–H groups in total. The highest BCUT2D eigenvalue weighted by Gasteiger charge is 2.24. The number of pyridine rings is 1. The number of nitrogens with zero attached hydrogens (tertiary/aromatic N) is 3. The van der Waals surface area contributed by atoms with E-state index in [0.29, 0.717) is 11.8 Å². The van der Waals surface area contributed by atoms with Gasteiger partial charge in [-0.25, -0.2) is 4.98 Å². The molecule has 0 atom stereocenters. The molecule has 0 bridgehead atoms. The highest BCUT2D eigenvalue weighted by atomic mass is 16.3. The summed E-state index contributed by atoms with van der Waals surface area (Å²) < 4.78 is 8.73. The lowest BCUT2D eigenvalue weighted by Gasteiger charge is -2.22. The van der Waals surface area contributed by atoms with Crippen LogP contribution in [0.25, 0.3) is 50.0 Å². The topological polar surface area (TPSA) is 43.9 Å². The number of rotatable bonds is 4. The van der Waals surface area contributed by atoms with Crippen LogP contribution < -0.4 is 0 Å². The molecule has 0 aliphatic heterocycles. The second-order valence-electron chi connectivity index (χ2n) is 9.51. The second kappa shape index (κ2) is 7.84. The predicted octanol–water partition coefficient (Wildman–Crippen LogP) is 8.23. The number of hydrogen-bond acceptors (Lipinski definition) is 3. The largest absolute Gasteiger partial charge is 0.455 e. The van der Waals surface area contributed by atoms with Gasteiger partial charge in [0, 0.05) is 17.0 Å². The molecule has 4 heteroatoms. The van der Waals surface area contributed by atoms with Crippen molar-refractivity contribution in [2.24, 2.45) is 0 Å². The average Bonchev–Trinajstić information content (AvgIpc) is 3.42. The Bertz CT molecular complexity index is 1640. The lowest BCUT2D eigenvalue weighted by atomic mass is 9.92. The van der Waals surface area contributed by atoms with Gasteiger partial charge in [0.25, 0.3) is 0 Å². The van der Waals surface area contributed by atoms with Crippen LogP contribution >= 0.6 is 0 Å². The van der Waals surface area contributed by atoms with Crippen LogP contribution in [-0.4, -0.2) is 14.5 Å². The Morgan fingerprint density at radius 3 is 2.24 bits per heavy atom. The third-order valence-electron chi connectivity index (χ3n) is 6.67. The van der Waals surface area contributed by atoms with Crippen LogP contribution in [0.15, 0.2) is 83.5 Å². The van der Waals surface area contributed by atoms with Crippen LogP contribution in [0.3, 0.4) is 0 Å². The molecule has 6 aromatic rings. The Kier molecular flexibility index (Phi) is 4.77. The van der Waals surface area contributed by atoms with E-state index in [2.05, 4.69) is 91.8 Å². The van der Waals surface area contributed by atoms with Gasteiger partial charge in [-0.1, -0.05) is 76.2 Å². The Labute approximate surface area is 198 Å². The van der Waals surface area contributed by atoms with Crippen molar-refractivity contribution < 1.29 is 4.42 Å². The molecule has 0 spiro atoms. The van der Waals surface area contributed by atoms with Crippen LogP contribution in [0.2, 0.25) is 0 Å². The zero-order chi connectivity index (χ0) is 23.4. The van der Waals surface area contributed by atoms with E-state index in [4.69, 9.17) is 9.40 Å². The van der Waals surface area contributed by atoms with Crippen molar-refractivity contribution in [1.82, 2.24) is 14.5 Å². The van der Waals surface area contributed by atoms with Gasteiger partial charge in [0.1, 0.15) is 22.5 Å². The Hall–Kier alpha value is -3.92. The summed E-state index contributed by atoms with van der Waals surface area (Å²) in [6, 6.07) is 23.3. The molecule has 168 valence electrons. The number of furan rings is 1. The Morgan fingerprint density at radius 1 is 0.765 bits per heavy atom. The fraction of sp³-hybridized carbons (Fsp3) is 0.200. The van der Waals surface area contributed by atoms with Crippen molar-refractivity contribution in [2.75, 3.05) is 0 Å². The van der Waals surface area contributed by atoms with E-state index in [0.717, 1.165) is 44.4 Å². The van der Waals surface area contributed by atoms with E-state index in [9.17, 15) is 0 Å². The molecule has 6 rings (SSSR count). The molecule has 3 aromatic carbocycles. The summed E-state index contributed by atoms with van der Waals surface area (Å²) >= 11 is 0. The summed E-state index contributed by atoms with van der Waals surface area (Å²) in [4.78, 5) is 9.49.